The Balaban J connectivity index is 1.16. The fourth-order valence-electron chi connectivity index (χ4n) is 6.26. The van der Waals surface area contributed by atoms with Crippen LogP contribution in [0.1, 0.15) is 92.9 Å². The van der Waals surface area contributed by atoms with Crippen molar-refractivity contribution in [1.82, 2.24) is 0 Å². The van der Waals surface area contributed by atoms with E-state index in [0.29, 0.717) is 15.5 Å². The minimum atomic E-state index is -0.780. The minimum Gasteiger partial charge on any atom is -0.480 e. The van der Waals surface area contributed by atoms with E-state index in [2.05, 4.69) is 0 Å². The zero-order valence-corrected chi connectivity index (χ0v) is 27.6. The van der Waals surface area contributed by atoms with E-state index in [-0.39, 0.29) is 55.7 Å². The first kappa shape index (κ1) is 30.1. The predicted octanol–water partition coefficient (Wildman–Crippen LogP) is 7.73. The Hall–Kier alpha value is -6.28. The number of ketones is 4. The van der Waals surface area contributed by atoms with Crippen molar-refractivity contribution in [2.75, 3.05) is 0 Å². The predicted molar refractivity (Wildman–Crippen MR) is 182 cm³/mol. The van der Waals surface area contributed by atoms with Gasteiger partial charge in [-0.3, -0.25) is 19.2 Å². The molecule has 2 aliphatic carbocycles. The van der Waals surface area contributed by atoms with E-state index in [1.807, 2.05) is 50.3 Å². The molecule has 8 rings (SSSR count). The number of hydrogen-bond donors (Lipinski definition) is 0. The number of thiophene rings is 3. The van der Waals surface area contributed by atoms with Gasteiger partial charge in [0.1, 0.15) is 29.9 Å². The summed E-state index contributed by atoms with van der Waals surface area (Å²) in [6.07, 6.45) is 3.09. The van der Waals surface area contributed by atoms with Crippen LogP contribution in [0, 0.1) is 45.3 Å². The Morgan fingerprint density at radius 3 is 1.45 bits per heavy atom. The van der Waals surface area contributed by atoms with Crippen molar-refractivity contribution in [2.45, 2.75) is 19.4 Å². The first-order valence-electron chi connectivity index (χ1n) is 14.5. The highest BCUT2D eigenvalue weighted by Crippen LogP contribution is 2.57. The third-order valence-electron chi connectivity index (χ3n) is 8.63. The molecule has 0 bridgehead atoms. The van der Waals surface area contributed by atoms with E-state index in [9.17, 15) is 40.2 Å². The Labute approximate surface area is 289 Å². The Morgan fingerprint density at radius 1 is 0.592 bits per heavy atom. The van der Waals surface area contributed by atoms with Gasteiger partial charge in [-0.2, -0.15) is 21.0 Å². The zero-order valence-electron chi connectivity index (χ0n) is 25.2. The summed E-state index contributed by atoms with van der Waals surface area (Å²) in [4.78, 5) is 56.1. The van der Waals surface area contributed by atoms with Gasteiger partial charge in [0.2, 0.25) is 0 Å². The molecule has 0 saturated heterocycles. The van der Waals surface area contributed by atoms with Crippen LogP contribution in [-0.2, 0) is 5.60 Å². The molecule has 9 nitrogen and oxygen atoms in total. The summed E-state index contributed by atoms with van der Waals surface area (Å²) in [6.45, 7) is 3.84. The molecule has 0 radical (unpaired) electrons. The van der Waals surface area contributed by atoms with E-state index in [1.165, 1.54) is 64.4 Å². The highest BCUT2D eigenvalue weighted by Gasteiger charge is 2.40. The summed E-state index contributed by atoms with van der Waals surface area (Å²) in [6, 6.07) is 16.6. The molecular formula is C37H14N4O5S3. The van der Waals surface area contributed by atoms with E-state index in [1.54, 1.807) is 6.08 Å². The molecule has 0 amide bonds. The molecule has 0 unspecified atom stereocenters. The summed E-state index contributed by atoms with van der Waals surface area (Å²) in [5.74, 6) is -1.34. The van der Waals surface area contributed by atoms with E-state index in [4.69, 9.17) is 4.74 Å². The number of nitrogens with zero attached hydrogens (tertiary/aromatic N) is 4. The highest BCUT2D eigenvalue weighted by atomic mass is 32.1. The number of hydrogen-bond acceptors (Lipinski definition) is 12. The summed E-state index contributed by atoms with van der Waals surface area (Å²) in [5, 5.41) is 37.5. The maximum absolute atomic E-state index is 13.3. The molecule has 3 aliphatic rings. The Bertz CT molecular complexity index is 2630. The smallest absolute Gasteiger partial charge is 0.197 e. The van der Waals surface area contributed by atoms with Gasteiger partial charge in [0.05, 0.1) is 52.6 Å². The van der Waals surface area contributed by atoms with Gasteiger partial charge >= 0.3 is 0 Å². The second-order valence-corrected chi connectivity index (χ2v) is 15.1. The van der Waals surface area contributed by atoms with Gasteiger partial charge in [0.15, 0.2) is 28.9 Å². The normalized spacial score (nSPS) is 15.1. The quantitative estimate of drug-likeness (QED) is 0.133. The fourth-order valence-corrected chi connectivity index (χ4v) is 10.1. The first-order chi connectivity index (χ1) is 23.5. The number of carbonyl (C=O) groups is 4. The maximum atomic E-state index is 13.3. The number of benzene rings is 2. The molecule has 0 atom stereocenters. The van der Waals surface area contributed by atoms with Crippen molar-refractivity contribution < 1.29 is 23.9 Å². The maximum Gasteiger partial charge on any atom is 0.197 e. The van der Waals surface area contributed by atoms with Crippen LogP contribution in [0.4, 0.5) is 0 Å². The van der Waals surface area contributed by atoms with Crippen molar-refractivity contribution >= 4 is 78.7 Å². The van der Waals surface area contributed by atoms with Gasteiger partial charge < -0.3 is 4.74 Å². The van der Waals surface area contributed by atoms with Crippen LogP contribution >= 0.6 is 34.0 Å². The van der Waals surface area contributed by atoms with Crippen LogP contribution < -0.4 is 4.74 Å². The number of nitriles is 4. The molecule has 12 heteroatoms. The summed E-state index contributed by atoms with van der Waals surface area (Å²) in [5.41, 5.74) is 0.585. The molecular weight excluding hydrogens is 677 g/mol. The SMILES string of the molecule is CC1(C)Oc2c(sc3cc(C=C4C(=O)c5cc(C#N)c(C#N)cc5C4=O)sc23)-c2sc(C=C3C(=O)c4cc(C#N)c(C#N)cc4C3=O)cc21. The van der Waals surface area contributed by atoms with Crippen LogP contribution in [0.5, 0.6) is 5.75 Å². The Morgan fingerprint density at radius 2 is 1.02 bits per heavy atom. The van der Waals surface area contributed by atoms with Gasteiger partial charge in [-0.15, -0.1) is 34.0 Å². The molecule has 49 heavy (non-hydrogen) atoms. The number of rotatable bonds is 2. The van der Waals surface area contributed by atoms with Gasteiger partial charge in [0.25, 0.3) is 0 Å². The van der Waals surface area contributed by atoms with E-state index >= 15 is 0 Å². The van der Waals surface area contributed by atoms with Gasteiger partial charge in [-0.25, -0.2) is 0 Å². The number of allylic oxidation sites excluding steroid dienone is 2. The Kier molecular flexibility index (Phi) is 6.36. The van der Waals surface area contributed by atoms with Crippen LogP contribution in [0.25, 0.3) is 31.3 Å². The second-order valence-electron chi connectivity index (χ2n) is 11.9. The lowest BCUT2D eigenvalue weighted by Gasteiger charge is -2.31. The highest BCUT2D eigenvalue weighted by molar-refractivity contribution is 7.32. The van der Waals surface area contributed by atoms with Gasteiger partial charge in [-0.05, 0) is 62.4 Å². The molecule has 0 spiro atoms. The lowest BCUT2D eigenvalue weighted by atomic mass is 9.95. The number of ether oxygens (including phenoxy) is 1. The second kappa shape index (κ2) is 10.4. The standard InChI is InChI=1S/C37H14N4O5S3/c1-37(2)27-9-19(7-25-29(42)21-3-15(11-38)16(12-39)4-22(21)30(25)43)47-34(27)36-33(46-37)35-28(49-36)10-20(48-35)8-26-31(44)23-5-17(13-40)18(14-41)6-24(23)32(26)45/h3-10H,1-2H3. The van der Waals surface area contributed by atoms with Crippen molar-refractivity contribution in [3.8, 4) is 39.8 Å². The monoisotopic (exact) mass is 690 g/mol. The fraction of sp³-hybridized carbons (Fsp3) is 0.0811. The summed E-state index contributed by atoms with van der Waals surface area (Å²) in [7, 11) is 0. The lowest BCUT2D eigenvalue weighted by Crippen LogP contribution is -2.27. The third kappa shape index (κ3) is 4.23. The third-order valence-corrected chi connectivity index (χ3v) is 12.2. The molecule has 2 aromatic carbocycles. The van der Waals surface area contributed by atoms with Crippen LogP contribution in [-0.4, -0.2) is 23.1 Å². The molecule has 5 aromatic rings. The zero-order chi connectivity index (χ0) is 34.5. The molecule has 3 aromatic heterocycles. The number of carbonyl (C=O) groups excluding carboxylic acids is 4. The largest absolute Gasteiger partial charge is 0.480 e. The number of fused-ring (bicyclic) bond motifs is 7. The summed E-state index contributed by atoms with van der Waals surface area (Å²) >= 11 is 4.27. The van der Waals surface area contributed by atoms with Gasteiger partial charge in [-0.1, -0.05) is 0 Å². The average molecular weight is 691 g/mol. The molecule has 0 fully saturated rings. The van der Waals surface area contributed by atoms with E-state index < -0.39 is 28.7 Å². The first-order valence-corrected chi connectivity index (χ1v) is 16.9. The lowest BCUT2D eigenvalue weighted by molar-refractivity contribution is 0.0975. The van der Waals surface area contributed by atoms with Crippen molar-refractivity contribution in [1.29, 1.82) is 21.0 Å². The molecule has 230 valence electrons. The average Bonchev–Trinajstić information content (AvgIpc) is 3.88. The number of Topliss-reactive ketones (excluding diaryl/α,β-unsaturated/α-hetero) is 4. The van der Waals surface area contributed by atoms with Crippen molar-refractivity contribution in [3.63, 3.8) is 0 Å². The van der Waals surface area contributed by atoms with Crippen molar-refractivity contribution in [3.05, 3.63) is 107 Å². The molecule has 0 N–H and O–H groups in total. The molecule has 0 saturated carbocycles. The van der Waals surface area contributed by atoms with Crippen LogP contribution in [0.2, 0.25) is 0 Å². The van der Waals surface area contributed by atoms with E-state index in [0.717, 1.165) is 24.7 Å². The topological polar surface area (TPSA) is 173 Å². The van der Waals surface area contributed by atoms with Crippen LogP contribution in [0.15, 0.2) is 47.5 Å². The van der Waals surface area contributed by atoms with Gasteiger partial charge in [0, 0.05) is 37.6 Å². The van der Waals surface area contributed by atoms with Crippen LogP contribution in [0.3, 0.4) is 0 Å². The summed E-state index contributed by atoms with van der Waals surface area (Å²) < 4.78 is 8.27. The molecule has 1 aliphatic heterocycles. The van der Waals surface area contributed by atoms with Crippen molar-refractivity contribution in [2.24, 2.45) is 0 Å². The molecule has 4 heterocycles. The minimum absolute atomic E-state index is 0.0357.